The first-order valence-electron chi connectivity index (χ1n) is 8.72. The highest BCUT2D eigenvalue weighted by Gasteiger charge is 2.25. The Morgan fingerprint density at radius 2 is 2.00 bits per heavy atom. The van der Waals surface area contributed by atoms with Crippen molar-refractivity contribution in [2.24, 2.45) is 0 Å². The molecule has 6 heteroatoms. The van der Waals surface area contributed by atoms with E-state index in [2.05, 4.69) is 19.5 Å². The van der Waals surface area contributed by atoms with Gasteiger partial charge in [0.15, 0.2) is 0 Å². The van der Waals surface area contributed by atoms with Crippen LogP contribution in [-0.4, -0.2) is 35.9 Å². The summed E-state index contributed by atoms with van der Waals surface area (Å²) >= 11 is 0. The van der Waals surface area contributed by atoms with Gasteiger partial charge in [-0.25, -0.2) is 4.98 Å². The maximum atomic E-state index is 9.14. The molecule has 1 aliphatic carbocycles. The van der Waals surface area contributed by atoms with Gasteiger partial charge in [0.2, 0.25) is 0 Å². The van der Waals surface area contributed by atoms with Crippen molar-refractivity contribution in [2.75, 3.05) is 6.61 Å². The summed E-state index contributed by atoms with van der Waals surface area (Å²) < 4.78 is 4.34. The maximum absolute atomic E-state index is 9.14. The molecule has 1 fully saturated rings. The number of aliphatic hydroxyl groups is 1. The molecule has 1 N–H and O–H groups in total. The quantitative estimate of drug-likeness (QED) is 0.918. The molecule has 1 saturated carbocycles. The van der Waals surface area contributed by atoms with E-state index in [0.29, 0.717) is 12.6 Å². The monoisotopic (exact) mass is 315 g/mol. The van der Waals surface area contributed by atoms with Gasteiger partial charge in [-0.1, -0.05) is 19.3 Å². The number of hydrogen-bond donors (Lipinski definition) is 1. The number of imidazole rings is 1. The van der Waals surface area contributed by atoms with E-state index in [0.717, 1.165) is 19.6 Å². The molecule has 0 unspecified atom stereocenters. The minimum Gasteiger partial charge on any atom is -0.394 e. The predicted molar refractivity (Wildman–Crippen MR) is 86.6 cm³/mol. The van der Waals surface area contributed by atoms with Crippen LogP contribution in [0.2, 0.25) is 0 Å². The largest absolute Gasteiger partial charge is 0.394 e. The summed E-state index contributed by atoms with van der Waals surface area (Å²) in [5.74, 6) is 0. The topological polar surface area (TPSA) is 59.1 Å². The molecule has 0 atom stereocenters. The van der Waals surface area contributed by atoms with Crippen LogP contribution in [0, 0.1) is 0 Å². The van der Waals surface area contributed by atoms with Crippen molar-refractivity contribution in [3.8, 4) is 0 Å². The summed E-state index contributed by atoms with van der Waals surface area (Å²) in [7, 11) is 0. The summed E-state index contributed by atoms with van der Waals surface area (Å²) in [6.07, 6.45) is 12.6. The number of fused-ring (bicyclic) bond motifs is 1. The molecular formula is C17H25N5O. The number of nitrogens with zero attached hydrogens (tertiary/aromatic N) is 5. The van der Waals surface area contributed by atoms with E-state index in [1.165, 1.54) is 49.1 Å². The molecule has 2 aliphatic rings. The van der Waals surface area contributed by atoms with Crippen LogP contribution in [0.3, 0.4) is 0 Å². The van der Waals surface area contributed by atoms with Crippen molar-refractivity contribution in [3.63, 3.8) is 0 Å². The molecule has 0 bridgehead atoms. The third kappa shape index (κ3) is 2.93. The lowest BCUT2D eigenvalue weighted by atomic mass is 9.95. The zero-order valence-electron chi connectivity index (χ0n) is 13.6. The van der Waals surface area contributed by atoms with E-state index < -0.39 is 0 Å². The first-order chi connectivity index (χ1) is 11.3. The summed E-state index contributed by atoms with van der Waals surface area (Å²) in [6, 6.07) is 0.635. The minimum absolute atomic E-state index is 0.141. The van der Waals surface area contributed by atoms with Crippen molar-refractivity contribution in [1.29, 1.82) is 0 Å². The zero-order valence-corrected chi connectivity index (χ0v) is 13.6. The Kier molecular flexibility index (Phi) is 4.18. The summed E-state index contributed by atoms with van der Waals surface area (Å²) in [4.78, 5) is 6.85. The molecule has 6 nitrogen and oxygen atoms in total. The highest BCUT2D eigenvalue weighted by Crippen LogP contribution is 2.30. The molecule has 0 spiro atoms. The van der Waals surface area contributed by atoms with E-state index >= 15 is 0 Å². The lowest BCUT2D eigenvalue weighted by Gasteiger charge is -2.26. The van der Waals surface area contributed by atoms with Gasteiger partial charge in [-0.3, -0.25) is 9.58 Å². The van der Waals surface area contributed by atoms with Crippen molar-refractivity contribution in [1.82, 2.24) is 24.2 Å². The Hall–Kier alpha value is -1.66. The average molecular weight is 315 g/mol. The molecule has 4 rings (SSSR count). The lowest BCUT2D eigenvalue weighted by Crippen LogP contribution is -2.22. The van der Waals surface area contributed by atoms with Gasteiger partial charge in [0.05, 0.1) is 37.1 Å². The zero-order chi connectivity index (χ0) is 15.6. The Morgan fingerprint density at radius 3 is 2.83 bits per heavy atom. The number of aliphatic hydroxyl groups excluding tert-OH is 1. The number of aromatic nitrogens is 4. The molecule has 1 aliphatic heterocycles. The van der Waals surface area contributed by atoms with E-state index in [1.54, 1.807) is 0 Å². The van der Waals surface area contributed by atoms with Gasteiger partial charge in [-0.2, -0.15) is 5.10 Å². The van der Waals surface area contributed by atoms with E-state index in [9.17, 15) is 0 Å². The van der Waals surface area contributed by atoms with Crippen LogP contribution in [0.5, 0.6) is 0 Å². The number of hydrogen-bond acceptors (Lipinski definition) is 4. The molecule has 124 valence electrons. The average Bonchev–Trinajstić information content (AvgIpc) is 3.27. The predicted octanol–water partition coefficient (Wildman–Crippen LogP) is 2.09. The van der Waals surface area contributed by atoms with Crippen LogP contribution in [0.4, 0.5) is 0 Å². The summed E-state index contributed by atoms with van der Waals surface area (Å²) in [5, 5.41) is 13.5. The molecule has 0 saturated heterocycles. The van der Waals surface area contributed by atoms with E-state index in [-0.39, 0.29) is 6.61 Å². The van der Waals surface area contributed by atoms with Gasteiger partial charge in [-0.15, -0.1) is 0 Å². The molecular weight excluding hydrogens is 290 g/mol. The van der Waals surface area contributed by atoms with Gasteiger partial charge >= 0.3 is 0 Å². The van der Waals surface area contributed by atoms with Crippen LogP contribution < -0.4 is 0 Å². The second-order valence-corrected chi connectivity index (χ2v) is 6.79. The first-order valence-corrected chi connectivity index (χ1v) is 8.72. The fourth-order valence-corrected chi connectivity index (χ4v) is 4.04. The Labute approximate surface area is 136 Å². The first kappa shape index (κ1) is 14.9. The van der Waals surface area contributed by atoms with Crippen molar-refractivity contribution < 1.29 is 5.11 Å². The molecule has 2 aromatic heterocycles. The van der Waals surface area contributed by atoms with Crippen LogP contribution in [0.25, 0.3) is 0 Å². The molecule has 2 aromatic rings. The molecule has 3 heterocycles. The Bertz CT molecular complexity index is 656. The highest BCUT2D eigenvalue weighted by atomic mass is 16.3. The van der Waals surface area contributed by atoms with Gasteiger partial charge in [0.25, 0.3) is 0 Å². The number of rotatable bonds is 5. The minimum atomic E-state index is 0.141. The van der Waals surface area contributed by atoms with Crippen LogP contribution in [-0.2, 0) is 26.2 Å². The second kappa shape index (κ2) is 6.45. The third-order valence-corrected chi connectivity index (χ3v) is 5.21. The fourth-order valence-electron chi connectivity index (χ4n) is 4.04. The normalized spacial score (nSPS) is 19.3. The van der Waals surface area contributed by atoms with Crippen molar-refractivity contribution >= 4 is 0 Å². The molecule has 0 amide bonds. The van der Waals surface area contributed by atoms with E-state index in [1.807, 2.05) is 23.4 Å². The van der Waals surface area contributed by atoms with Gasteiger partial charge in [-0.05, 0) is 12.8 Å². The van der Waals surface area contributed by atoms with Crippen LogP contribution >= 0.6 is 0 Å². The maximum Gasteiger partial charge on any atom is 0.0951 e. The Balaban J connectivity index is 1.45. The van der Waals surface area contributed by atoms with Crippen LogP contribution in [0.1, 0.15) is 55.1 Å². The van der Waals surface area contributed by atoms with Crippen molar-refractivity contribution in [2.45, 2.75) is 64.3 Å². The van der Waals surface area contributed by atoms with Gasteiger partial charge in [0.1, 0.15) is 0 Å². The van der Waals surface area contributed by atoms with Crippen molar-refractivity contribution in [3.05, 3.63) is 35.7 Å². The fraction of sp³-hybridized carbons (Fsp3) is 0.647. The second-order valence-electron chi connectivity index (χ2n) is 6.79. The van der Waals surface area contributed by atoms with Crippen LogP contribution in [0.15, 0.2) is 18.7 Å². The van der Waals surface area contributed by atoms with Gasteiger partial charge in [0, 0.05) is 37.4 Å². The van der Waals surface area contributed by atoms with Gasteiger partial charge < -0.3 is 9.67 Å². The molecule has 23 heavy (non-hydrogen) atoms. The smallest absolute Gasteiger partial charge is 0.0951 e. The molecule has 0 aromatic carbocycles. The Morgan fingerprint density at radius 1 is 1.13 bits per heavy atom. The SMILES string of the molecule is OCCn1ncc2c1CN(Cc1cncn1C1CCCCC1)C2. The summed E-state index contributed by atoms with van der Waals surface area (Å²) in [5.41, 5.74) is 3.87. The standard InChI is InChI=1S/C17H25N5O/c23-7-6-22-17-12-20(10-14(17)8-19-22)11-16-9-18-13-21(16)15-4-2-1-3-5-15/h8-9,13,15,23H,1-7,10-12H2. The lowest BCUT2D eigenvalue weighted by molar-refractivity contribution is 0.242. The highest BCUT2D eigenvalue weighted by molar-refractivity contribution is 5.22. The molecule has 0 radical (unpaired) electrons. The summed E-state index contributed by atoms with van der Waals surface area (Å²) in [6.45, 7) is 3.51. The van der Waals surface area contributed by atoms with E-state index in [4.69, 9.17) is 5.11 Å². The third-order valence-electron chi connectivity index (χ3n) is 5.21.